The van der Waals surface area contributed by atoms with Gasteiger partial charge in [-0.1, -0.05) is 13.8 Å². The first kappa shape index (κ1) is 18.7. The van der Waals surface area contributed by atoms with E-state index in [1.807, 2.05) is 13.8 Å². The number of rotatable bonds is 6. The van der Waals surface area contributed by atoms with Crippen LogP contribution in [0, 0.1) is 4.91 Å². The first-order valence-corrected chi connectivity index (χ1v) is 9.59. The van der Waals surface area contributed by atoms with E-state index in [0.717, 1.165) is 17.5 Å². The van der Waals surface area contributed by atoms with Gasteiger partial charge in [-0.2, -0.15) is 10.2 Å². The molecule has 0 spiro atoms. The monoisotopic (exact) mass is 388 g/mol. The molecule has 2 heterocycles. The summed E-state index contributed by atoms with van der Waals surface area (Å²) in [6.45, 7) is 5.25. The van der Waals surface area contributed by atoms with Crippen molar-refractivity contribution in [3.8, 4) is 0 Å². The molecule has 0 aromatic carbocycles. The fourth-order valence-electron chi connectivity index (χ4n) is 3.82. The largest absolute Gasteiger partial charge is 0.390 e. The first-order valence-electron chi connectivity index (χ1n) is 9.59. The Bertz CT molecular complexity index is 1010. The third-order valence-electron chi connectivity index (χ3n) is 5.37. The summed E-state index contributed by atoms with van der Waals surface area (Å²) in [4.78, 5) is 36.8. The predicted molar refractivity (Wildman–Crippen MR) is 101 cm³/mol. The van der Waals surface area contributed by atoms with E-state index >= 15 is 0 Å². The van der Waals surface area contributed by atoms with Gasteiger partial charge < -0.3 is 10.4 Å². The number of nitrogens with one attached hydrogen (secondary N) is 1. The molecule has 0 bridgehead atoms. The molecule has 4 rings (SSSR count). The van der Waals surface area contributed by atoms with E-state index in [-0.39, 0.29) is 41.5 Å². The van der Waals surface area contributed by atoms with Crippen LogP contribution in [0.3, 0.4) is 0 Å². The molecule has 0 aliphatic heterocycles. The Morgan fingerprint density at radius 3 is 2.57 bits per heavy atom. The molecule has 2 aromatic heterocycles. The van der Waals surface area contributed by atoms with Crippen LogP contribution in [0.15, 0.2) is 9.97 Å². The molecule has 150 valence electrons. The number of aromatic nitrogens is 4. The van der Waals surface area contributed by atoms with E-state index in [1.165, 1.54) is 4.52 Å². The molecule has 2 N–H and O–H groups in total. The maximum atomic E-state index is 13.0. The van der Waals surface area contributed by atoms with E-state index in [9.17, 15) is 19.6 Å². The molecule has 2 aromatic rings. The number of nitrogens with zero attached hydrogens (tertiary/aromatic N) is 5. The highest BCUT2D eigenvalue weighted by Gasteiger charge is 2.39. The fraction of sp³-hybridized carbons (Fsp3) is 0.667. The second-order valence-corrected chi connectivity index (χ2v) is 8.51. The molecule has 2 aliphatic rings. The van der Waals surface area contributed by atoms with E-state index in [0.29, 0.717) is 24.4 Å². The number of fused-ring (bicyclic) bond motifs is 1. The Balaban J connectivity index is 1.70. The summed E-state index contributed by atoms with van der Waals surface area (Å²) in [6, 6.07) is -0.116. The Morgan fingerprint density at radius 2 is 2.04 bits per heavy atom. The summed E-state index contributed by atoms with van der Waals surface area (Å²) in [5.74, 6) is 0.197. The number of carbonyl (C=O) groups is 1. The Kier molecular flexibility index (Phi) is 4.33. The topological polar surface area (TPSA) is 131 Å². The number of nitroso groups, excluding NO2 is 1. The van der Waals surface area contributed by atoms with Gasteiger partial charge in [-0.3, -0.25) is 9.59 Å². The van der Waals surface area contributed by atoms with Crippen LogP contribution in [0.4, 0.5) is 5.69 Å². The van der Waals surface area contributed by atoms with Crippen molar-refractivity contribution in [3.63, 3.8) is 0 Å². The molecule has 2 saturated carbocycles. The molecular weight excluding hydrogens is 364 g/mol. The van der Waals surface area contributed by atoms with Crippen LogP contribution in [0.1, 0.15) is 69.8 Å². The van der Waals surface area contributed by atoms with Crippen LogP contribution in [0.2, 0.25) is 0 Å². The second kappa shape index (κ2) is 6.47. The number of aliphatic hydroxyl groups is 1. The lowest BCUT2D eigenvalue weighted by molar-refractivity contribution is -0.125. The van der Waals surface area contributed by atoms with Gasteiger partial charge >= 0.3 is 0 Å². The molecule has 0 atom stereocenters. The van der Waals surface area contributed by atoms with Gasteiger partial charge in [0, 0.05) is 17.9 Å². The van der Waals surface area contributed by atoms with Crippen LogP contribution in [-0.4, -0.2) is 42.1 Å². The summed E-state index contributed by atoms with van der Waals surface area (Å²) in [6.07, 6.45) is 2.78. The quantitative estimate of drug-likeness (QED) is 0.718. The lowest BCUT2D eigenvalue weighted by Gasteiger charge is -2.41. The Morgan fingerprint density at radius 1 is 1.36 bits per heavy atom. The van der Waals surface area contributed by atoms with Crippen molar-refractivity contribution in [1.29, 1.82) is 0 Å². The van der Waals surface area contributed by atoms with Gasteiger partial charge in [0.2, 0.25) is 5.91 Å². The third-order valence-corrected chi connectivity index (χ3v) is 5.37. The highest BCUT2D eigenvalue weighted by molar-refractivity contribution is 5.77. The van der Waals surface area contributed by atoms with Crippen LogP contribution in [-0.2, 0) is 11.3 Å². The molecule has 2 aliphatic carbocycles. The average molecular weight is 388 g/mol. The van der Waals surface area contributed by atoms with Crippen LogP contribution < -0.4 is 10.9 Å². The SMILES string of the molecule is CC(C)c1nn(CC(=O)N[C@H]2C[C@@](C)(O)C2)c(=O)c2c(N=O)c(C3CC3)nn12. The van der Waals surface area contributed by atoms with Crippen molar-refractivity contribution in [1.82, 2.24) is 24.7 Å². The van der Waals surface area contributed by atoms with E-state index < -0.39 is 11.2 Å². The van der Waals surface area contributed by atoms with Crippen LogP contribution in [0.25, 0.3) is 5.52 Å². The van der Waals surface area contributed by atoms with E-state index in [4.69, 9.17) is 0 Å². The van der Waals surface area contributed by atoms with Crippen LogP contribution >= 0.6 is 0 Å². The Labute approximate surface area is 160 Å². The lowest BCUT2D eigenvalue weighted by atomic mass is 9.77. The van der Waals surface area contributed by atoms with Gasteiger partial charge in [0.15, 0.2) is 17.0 Å². The molecule has 2 fully saturated rings. The fourth-order valence-corrected chi connectivity index (χ4v) is 3.82. The molecule has 0 radical (unpaired) electrons. The standard InChI is InChI=1S/C18H24N6O4/c1-9(2)16-21-23(8-12(25)19-11-6-18(3,27)7-11)17(26)15-14(22-28)13(10-4-5-10)20-24(15)16/h9-11,27H,4-8H2,1-3H3,(H,19,25)/t11-,18+. The van der Waals surface area contributed by atoms with E-state index in [1.54, 1.807) is 6.92 Å². The third kappa shape index (κ3) is 3.21. The molecule has 28 heavy (non-hydrogen) atoms. The summed E-state index contributed by atoms with van der Waals surface area (Å²) < 4.78 is 2.48. The van der Waals surface area contributed by atoms with Gasteiger partial charge in [0.25, 0.3) is 5.56 Å². The highest BCUT2D eigenvalue weighted by Crippen LogP contribution is 2.44. The molecule has 1 amide bonds. The zero-order valence-corrected chi connectivity index (χ0v) is 16.2. The minimum Gasteiger partial charge on any atom is -0.390 e. The van der Waals surface area contributed by atoms with Gasteiger partial charge in [0.1, 0.15) is 6.54 Å². The summed E-state index contributed by atoms with van der Waals surface area (Å²) in [5.41, 5.74) is -0.641. The number of amides is 1. The molecule has 0 saturated heterocycles. The second-order valence-electron chi connectivity index (χ2n) is 8.51. The number of hydrogen-bond donors (Lipinski definition) is 2. The van der Waals surface area contributed by atoms with Gasteiger partial charge in [-0.05, 0) is 37.8 Å². The summed E-state index contributed by atoms with van der Waals surface area (Å²) in [5, 5.41) is 24.5. The van der Waals surface area contributed by atoms with E-state index in [2.05, 4.69) is 20.7 Å². The first-order chi connectivity index (χ1) is 13.2. The van der Waals surface area contributed by atoms with Crippen LogP contribution in [0.5, 0.6) is 0 Å². The average Bonchev–Trinajstić information content (AvgIpc) is 3.35. The van der Waals surface area contributed by atoms with Crippen molar-refractivity contribution in [2.24, 2.45) is 5.18 Å². The molecule has 10 heteroatoms. The Hall–Kier alpha value is -2.62. The maximum absolute atomic E-state index is 13.0. The maximum Gasteiger partial charge on any atom is 0.295 e. The normalized spacial score (nSPS) is 24.4. The summed E-state index contributed by atoms with van der Waals surface area (Å²) in [7, 11) is 0. The molecular formula is C18H24N6O4. The predicted octanol–water partition coefficient (Wildman–Crippen LogP) is 1.32. The summed E-state index contributed by atoms with van der Waals surface area (Å²) >= 11 is 0. The van der Waals surface area contributed by atoms with Crippen molar-refractivity contribution in [2.75, 3.05) is 0 Å². The van der Waals surface area contributed by atoms with Crippen molar-refractivity contribution >= 4 is 17.1 Å². The minimum absolute atomic E-state index is 0.0565. The molecule has 10 nitrogen and oxygen atoms in total. The van der Waals surface area contributed by atoms with Crippen molar-refractivity contribution in [2.45, 2.75) is 76.5 Å². The van der Waals surface area contributed by atoms with Crippen molar-refractivity contribution < 1.29 is 9.90 Å². The lowest BCUT2D eigenvalue weighted by Crippen LogP contribution is -2.54. The van der Waals surface area contributed by atoms with Crippen molar-refractivity contribution in [3.05, 3.63) is 26.8 Å². The minimum atomic E-state index is -0.752. The number of carbonyl (C=O) groups excluding carboxylic acids is 1. The molecule has 0 unspecified atom stereocenters. The van der Waals surface area contributed by atoms with Gasteiger partial charge in [-0.15, -0.1) is 4.91 Å². The zero-order chi connectivity index (χ0) is 20.2. The number of hydrogen-bond acceptors (Lipinski definition) is 7. The van der Waals surface area contributed by atoms with Gasteiger partial charge in [-0.25, -0.2) is 9.20 Å². The zero-order valence-electron chi connectivity index (χ0n) is 16.2. The smallest absolute Gasteiger partial charge is 0.295 e. The van der Waals surface area contributed by atoms with Gasteiger partial charge in [0.05, 0.1) is 11.3 Å². The highest BCUT2D eigenvalue weighted by atomic mass is 16.3.